The molecule has 0 saturated heterocycles. The van der Waals surface area contributed by atoms with Gasteiger partial charge in [0.25, 0.3) is 0 Å². The van der Waals surface area contributed by atoms with Crippen molar-refractivity contribution < 1.29 is 4.79 Å². The second kappa shape index (κ2) is 10.6. The highest BCUT2D eigenvalue weighted by Crippen LogP contribution is 2.11. The van der Waals surface area contributed by atoms with E-state index in [0.29, 0.717) is 12.2 Å². The summed E-state index contributed by atoms with van der Waals surface area (Å²) in [4.78, 5) is 11.6. The van der Waals surface area contributed by atoms with E-state index in [4.69, 9.17) is 0 Å². The monoisotopic (exact) mass is 265 g/mol. The Morgan fingerprint density at radius 1 is 1.11 bits per heavy atom. The summed E-state index contributed by atoms with van der Waals surface area (Å²) in [5.74, 6) is 0.758. The minimum atomic E-state index is 0.0761. The number of aromatic amines is 1. The Bertz CT molecular complexity index is 322. The maximum absolute atomic E-state index is 11.6. The molecular weight excluding hydrogens is 238 g/mol. The normalized spacial score (nSPS) is 10.6. The van der Waals surface area contributed by atoms with Crippen LogP contribution in [0.1, 0.15) is 71.1 Å². The van der Waals surface area contributed by atoms with Gasteiger partial charge < -0.3 is 5.32 Å². The van der Waals surface area contributed by atoms with E-state index in [1.165, 1.54) is 44.9 Å². The minimum Gasteiger partial charge on any atom is -0.311 e. The maximum atomic E-state index is 11.6. The van der Waals surface area contributed by atoms with Gasteiger partial charge in [0.05, 0.1) is 6.20 Å². The van der Waals surface area contributed by atoms with Crippen LogP contribution in [0.2, 0.25) is 0 Å². The van der Waals surface area contributed by atoms with Crippen LogP contribution in [0.3, 0.4) is 0 Å². The van der Waals surface area contributed by atoms with Crippen molar-refractivity contribution in [1.29, 1.82) is 0 Å². The molecule has 0 aliphatic heterocycles. The SMILES string of the molecule is CCCCCCCCCCCC(=O)Nc1ccn[nH]1. The lowest BCUT2D eigenvalue weighted by Gasteiger charge is -2.03. The average Bonchev–Trinajstić information content (AvgIpc) is 2.89. The number of hydrogen-bond acceptors (Lipinski definition) is 2. The van der Waals surface area contributed by atoms with Gasteiger partial charge >= 0.3 is 0 Å². The molecule has 1 aromatic heterocycles. The topological polar surface area (TPSA) is 57.8 Å². The summed E-state index contributed by atoms with van der Waals surface area (Å²) in [6.07, 6.45) is 13.7. The lowest BCUT2D eigenvalue weighted by molar-refractivity contribution is -0.116. The molecule has 4 nitrogen and oxygen atoms in total. The Labute approximate surface area is 116 Å². The molecule has 4 heteroatoms. The van der Waals surface area contributed by atoms with E-state index in [1.807, 2.05) is 0 Å². The van der Waals surface area contributed by atoms with E-state index in [-0.39, 0.29) is 5.91 Å². The number of unbranched alkanes of at least 4 members (excludes halogenated alkanes) is 8. The van der Waals surface area contributed by atoms with E-state index in [0.717, 1.165) is 12.8 Å². The molecule has 0 saturated carbocycles. The molecule has 0 radical (unpaired) electrons. The number of nitrogens with one attached hydrogen (secondary N) is 2. The molecule has 2 N–H and O–H groups in total. The van der Waals surface area contributed by atoms with Crippen LogP contribution < -0.4 is 5.32 Å². The first-order valence-corrected chi connectivity index (χ1v) is 7.62. The molecule has 0 fully saturated rings. The first kappa shape index (κ1) is 15.7. The Balaban J connectivity index is 1.86. The Hall–Kier alpha value is -1.32. The molecular formula is C15H27N3O. The van der Waals surface area contributed by atoms with E-state index in [1.54, 1.807) is 12.3 Å². The van der Waals surface area contributed by atoms with Crippen molar-refractivity contribution in [3.8, 4) is 0 Å². The van der Waals surface area contributed by atoms with Gasteiger partial charge in [0, 0.05) is 12.5 Å². The van der Waals surface area contributed by atoms with E-state index in [2.05, 4.69) is 22.4 Å². The van der Waals surface area contributed by atoms with Gasteiger partial charge in [-0.3, -0.25) is 9.89 Å². The minimum absolute atomic E-state index is 0.0761. The Morgan fingerprint density at radius 2 is 1.74 bits per heavy atom. The van der Waals surface area contributed by atoms with Gasteiger partial charge in [0.2, 0.25) is 5.91 Å². The number of aromatic nitrogens is 2. The van der Waals surface area contributed by atoms with Crippen molar-refractivity contribution >= 4 is 11.7 Å². The van der Waals surface area contributed by atoms with Gasteiger partial charge in [0.15, 0.2) is 0 Å². The van der Waals surface area contributed by atoms with Gasteiger partial charge in [-0.2, -0.15) is 5.10 Å². The number of anilines is 1. The highest BCUT2D eigenvalue weighted by molar-refractivity contribution is 5.89. The predicted octanol–water partition coefficient (Wildman–Crippen LogP) is 4.27. The van der Waals surface area contributed by atoms with Gasteiger partial charge in [-0.1, -0.05) is 58.3 Å². The van der Waals surface area contributed by atoms with Crippen LogP contribution >= 0.6 is 0 Å². The van der Waals surface area contributed by atoms with Crippen LogP contribution in [0.25, 0.3) is 0 Å². The van der Waals surface area contributed by atoms with Crippen molar-refractivity contribution in [2.24, 2.45) is 0 Å². The number of H-pyrrole nitrogens is 1. The zero-order chi connectivity index (χ0) is 13.8. The van der Waals surface area contributed by atoms with Gasteiger partial charge in [-0.15, -0.1) is 0 Å². The zero-order valence-electron chi connectivity index (χ0n) is 12.1. The molecule has 1 rings (SSSR count). The summed E-state index contributed by atoms with van der Waals surface area (Å²) >= 11 is 0. The van der Waals surface area contributed by atoms with Crippen LogP contribution in [0, 0.1) is 0 Å². The summed E-state index contributed by atoms with van der Waals surface area (Å²) in [6, 6.07) is 1.76. The highest BCUT2D eigenvalue weighted by atomic mass is 16.1. The summed E-state index contributed by atoms with van der Waals surface area (Å²) in [6.45, 7) is 2.24. The molecule has 0 aliphatic rings. The number of carbonyl (C=O) groups is 1. The van der Waals surface area contributed by atoms with E-state index >= 15 is 0 Å². The first-order chi connectivity index (χ1) is 9.33. The average molecular weight is 265 g/mol. The molecule has 0 unspecified atom stereocenters. The summed E-state index contributed by atoms with van der Waals surface area (Å²) < 4.78 is 0. The lowest BCUT2D eigenvalue weighted by Crippen LogP contribution is -2.11. The third-order valence-corrected chi connectivity index (χ3v) is 3.28. The molecule has 19 heavy (non-hydrogen) atoms. The van der Waals surface area contributed by atoms with Crippen LogP contribution in [0.4, 0.5) is 5.82 Å². The molecule has 1 amide bonds. The number of hydrogen-bond donors (Lipinski definition) is 2. The molecule has 0 atom stereocenters. The number of rotatable bonds is 11. The zero-order valence-corrected chi connectivity index (χ0v) is 12.1. The van der Waals surface area contributed by atoms with Crippen LogP contribution in [-0.2, 0) is 4.79 Å². The van der Waals surface area contributed by atoms with Crippen molar-refractivity contribution in [3.05, 3.63) is 12.3 Å². The number of carbonyl (C=O) groups excluding carboxylic acids is 1. The fourth-order valence-corrected chi connectivity index (χ4v) is 2.13. The first-order valence-electron chi connectivity index (χ1n) is 7.62. The second-order valence-corrected chi connectivity index (χ2v) is 5.10. The largest absolute Gasteiger partial charge is 0.311 e. The van der Waals surface area contributed by atoms with Crippen LogP contribution in [0.15, 0.2) is 12.3 Å². The maximum Gasteiger partial charge on any atom is 0.225 e. The van der Waals surface area contributed by atoms with Crippen LogP contribution in [-0.4, -0.2) is 16.1 Å². The molecule has 0 spiro atoms. The molecule has 0 aliphatic carbocycles. The molecule has 0 bridgehead atoms. The summed E-state index contributed by atoms with van der Waals surface area (Å²) in [5, 5.41) is 9.30. The van der Waals surface area contributed by atoms with Gasteiger partial charge in [-0.05, 0) is 6.42 Å². The third kappa shape index (κ3) is 8.41. The quantitative estimate of drug-likeness (QED) is 0.587. The van der Waals surface area contributed by atoms with E-state index in [9.17, 15) is 4.79 Å². The fourth-order valence-electron chi connectivity index (χ4n) is 2.13. The summed E-state index contributed by atoms with van der Waals surface area (Å²) in [5.41, 5.74) is 0. The van der Waals surface area contributed by atoms with E-state index < -0.39 is 0 Å². The summed E-state index contributed by atoms with van der Waals surface area (Å²) in [7, 11) is 0. The molecule has 108 valence electrons. The number of nitrogens with zero attached hydrogens (tertiary/aromatic N) is 1. The predicted molar refractivity (Wildman–Crippen MR) is 79.1 cm³/mol. The standard InChI is InChI=1S/C15H27N3O/c1-2-3-4-5-6-7-8-9-10-11-15(19)17-14-12-13-16-18-14/h12-13H,2-11H2,1H3,(H2,16,17,18,19). The van der Waals surface area contributed by atoms with Crippen molar-refractivity contribution in [2.75, 3.05) is 5.32 Å². The fraction of sp³-hybridized carbons (Fsp3) is 0.733. The Kier molecular flexibility index (Phi) is 8.77. The van der Waals surface area contributed by atoms with Crippen molar-refractivity contribution in [2.45, 2.75) is 71.1 Å². The molecule has 1 heterocycles. The van der Waals surface area contributed by atoms with Crippen LogP contribution in [0.5, 0.6) is 0 Å². The van der Waals surface area contributed by atoms with Crippen molar-refractivity contribution in [1.82, 2.24) is 10.2 Å². The Morgan fingerprint density at radius 3 is 2.32 bits per heavy atom. The van der Waals surface area contributed by atoms with Gasteiger partial charge in [-0.25, -0.2) is 0 Å². The lowest BCUT2D eigenvalue weighted by atomic mass is 10.1. The number of amides is 1. The molecule has 1 aromatic rings. The van der Waals surface area contributed by atoms with Gasteiger partial charge in [0.1, 0.15) is 5.82 Å². The van der Waals surface area contributed by atoms with Crippen molar-refractivity contribution in [3.63, 3.8) is 0 Å². The smallest absolute Gasteiger partial charge is 0.225 e. The third-order valence-electron chi connectivity index (χ3n) is 3.28. The molecule has 0 aromatic carbocycles. The highest BCUT2D eigenvalue weighted by Gasteiger charge is 2.02. The second-order valence-electron chi connectivity index (χ2n) is 5.10.